The van der Waals surface area contributed by atoms with Gasteiger partial charge in [0.05, 0.1) is 13.6 Å². The number of aryl methyl sites for hydroxylation is 2. The van der Waals surface area contributed by atoms with Crippen LogP contribution in [0.3, 0.4) is 0 Å². The first kappa shape index (κ1) is 13.5. The van der Waals surface area contributed by atoms with Crippen molar-refractivity contribution in [3.63, 3.8) is 0 Å². The van der Waals surface area contributed by atoms with Crippen LogP contribution in [0, 0.1) is 0 Å². The lowest BCUT2D eigenvalue weighted by molar-refractivity contribution is -0.682. The minimum absolute atomic E-state index is 0. The SMILES string of the molecule is CCCC(O)c1n(CC)cc[n+]1C.[Cl-]. The smallest absolute Gasteiger partial charge is 0.285 e. The Hall–Kier alpha value is -0.540. The van der Waals surface area contributed by atoms with Gasteiger partial charge in [0.25, 0.3) is 5.82 Å². The molecule has 0 aliphatic heterocycles. The van der Waals surface area contributed by atoms with Gasteiger partial charge in [0.15, 0.2) is 6.10 Å². The molecular formula is C10H19ClN2O. The lowest BCUT2D eigenvalue weighted by Gasteiger charge is -2.06. The summed E-state index contributed by atoms with van der Waals surface area (Å²) in [6.07, 6.45) is 5.50. The highest BCUT2D eigenvalue weighted by molar-refractivity contribution is 4.87. The summed E-state index contributed by atoms with van der Waals surface area (Å²) in [5, 5.41) is 9.86. The summed E-state index contributed by atoms with van der Waals surface area (Å²) < 4.78 is 4.07. The third-order valence-electron chi connectivity index (χ3n) is 2.33. The molecule has 0 radical (unpaired) electrons. The second kappa shape index (κ2) is 6.04. The topological polar surface area (TPSA) is 29.0 Å². The molecule has 0 saturated heterocycles. The largest absolute Gasteiger partial charge is 1.00 e. The van der Waals surface area contributed by atoms with Gasteiger partial charge in [0.1, 0.15) is 12.4 Å². The van der Waals surface area contributed by atoms with E-state index in [0.29, 0.717) is 0 Å². The Morgan fingerprint density at radius 3 is 2.64 bits per heavy atom. The number of rotatable bonds is 4. The molecule has 1 heterocycles. The molecule has 0 bridgehead atoms. The summed E-state index contributed by atoms with van der Waals surface area (Å²) in [5.74, 6) is 1.00. The van der Waals surface area contributed by atoms with Crippen LogP contribution in [-0.4, -0.2) is 9.67 Å². The molecule has 1 aromatic heterocycles. The highest BCUT2D eigenvalue weighted by Gasteiger charge is 2.21. The number of nitrogens with zero attached hydrogens (tertiary/aromatic N) is 2. The van der Waals surface area contributed by atoms with E-state index in [4.69, 9.17) is 0 Å². The van der Waals surface area contributed by atoms with Crippen molar-refractivity contribution in [2.24, 2.45) is 7.05 Å². The van der Waals surface area contributed by atoms with Gasteiger partial charge in [-0.1, -0.05) is 13.3 Å². The number of hydrogen-bond acceptors (Lipinski definition) is 1. The molecule has 1 atom stereocenters. The summed E-state index contributed by atoms with van der Waals surface area (Å²) >= 11 is 0. The molecule has 4 heteroatoms. The average molecular weight is 219 g/mol. The van der Waals surface area contributed by atoms with Gasteiger partial charge in [-0.15, -0.1) is 0 Å². The molecule has 0 aliphatic rings. The van der Waals surface area contributed by atoms with Crippen LogP contribution >= 0.6 is 0 Å². The van der Waals surface area contributed by atoms with Crippen LogP contribution in [0.4, 0.5) is 0 Å². The Balaban J connectivity index is 0.00000169. The zero-order valence-electron chi connectivity index (χ0n) is 9.07. The van der Waals surface area contributed by atoms with Gasteiger partial charge in [-0.3, -0.25) is 0 Å². The molecule has 14 heavy (non-hydrogen) atoms. The van der Waals surface area contributed by atoms with Crippen molar-refractivity contribution in [3.05, 3.63) is 18.2 Å². The van der Waals surface area contributed by atoms with Crippen molar-refractivity contribution >= 4 is 0 Å². The monoisotopic (exact) mass is 218 g/mol. The number of aliphatic hydroxyl groups excluding tert-OH is 1. The Kier molecular flexibility index (Phi) is 5.81. The molecule has 1 unspecified atom stereocenters. The predicted octanol–water partition coefficient (Wildman–Crippen LogP) is -1.83. The minimum Gasteiger partial charge on any atom is -1.00 e. The highest BCUT2D eigenvalue weighted by atomic mass is 35.5. The van der Waals surface area contributed by atoms with Crippen LogP contribution < -0.4 is 17.0 Å². The highest BCUT2D eigenvalue weighted by Crippen LogP contribution is 2.14. The molecular weight excluding hydrogens is 200 g/mol. The molecule has 0 saturated carbocycles. The Morgan fingerprint density at radius 1 is 1.50 bits per heavy atom. The summed E-state index contributed by atoms with van der Waals surface area (Å²) in [4.78, 5) is 0. The number of hydrogen-bond donors (Lipinski definition) is 1. The van der Waals surface area contributed by atoms with Gasteiger partial charge in [-0.25, -0.2) is 9.13 Å². The fourth-order valence-corrected chi connectivity index (χ4v) is 1.63. The summed E-state index contributed by atoms with van der Waals surface area (Å²) in [7, 11) is 1.97. The van der Waals surface area contributed by atoms with Gasteiger partial charge in [0, 0.05) is 0 Å². The Morgan fingerprint density at radius 2 is 2.14 bits per heavy atom. The lowest BCUT2D eigenvalue weighted by atomic mass is 10.2. The Bertz CT molecular complexity index is 273. The first-order valence-corrected chi connectivity index (χ1v) is 4.93. The van der Waals surface area contributed by atoms with Gasteiger partial charge >= 0.3 is 0 Å². The van der Waals surface area contributed by atoms with Gasteiger partial charge in [-0.05, 0) is 13.3 Å². The van der Waals surface area contributed by atoms with Crippen molar-refractivity contribution in [2.45, 2.75) is 39.3 Å². The van der Waals surface area contributed by atoms with Gasteiger partial charge < -0.3 is 17.5 Å². The maximum atomic E-state index is 9.86. The van der Waals surface area contributed by atoms with E-state index < -0.39 is 0 Å². The van der Waals surface area contributed by atoms with Crippen molar-refractivity contribution in [2.75, 3.05) is 0 Å². The summed E-state index contributed by atoms with van der Waals surface area (Å²) in [6, 6.07) is 0. The second-order valence-electron chi connectivity index (χ2n) is 3.36. The molecule has 1 aromatic rings. The predicted molar refractivity (Wildman–Crippen MR) is 51.1 cm³/mol. The van der Waals surface area contributed by atoms with E-state index in [1.165, 1.54) is 0 Å². The molecule has 1 rings (SSSR count). The fraction of sp³-hybridized carbons (Fsp3) is 0.700. The van der Waals surface area contributed by atoms with Crippen molar-refractivity contribution < 1.29 is 22.1 Å². The molecule has 0 amide bonds. The molecule has 0 fully saturated rings. The molecule has 3 nitrogen and oxygen atoms in total. The molecule has 0 aromatic carbocycles. The quantitative estimate of drug-likeness (QED) is 0.592. The van der Waals surface area contributed by atoms with Crippen molar-refractivity contribution in [3.8, 4) is 0 Å². The first-order valence-electron chi connectivity index (χ1n) is 4.93. The van der Waals surface area contributed by atoms with E-state index >= 15 is 0 Å². The van der Waals surface area contributed by atoms with Crippen LogP contribution in [0.1, 0.15) is 38.6 Å². The zero-order valence-corrected chi connectivity index (χ0v) is 9.83. The third kappa shape index (κ3) is 2.72. The molecule has 0 spiro atoms. The Labute approximate surface area is 91.8 Å². The second-order valence-corrected chi connectivity index (χ2v) is 3.36. The van der Waals surface area contributed by atoms with Gasteiger partial charge in [0.2, 0.25) is 0 Å². The fourth-order valence-electron chi connectivity index (χ4n) is 1.63. The van der Waals surface area contributed by atoms with E-state index in [1.807, 2.05) is 24.0 Å². The van der Waals surface area contributed by atoms with Crippen LogP contribution in [0.15, 0.2) is 12.4 Å². The van der Waals surface area contributed by atoms with Crippen molar-refractivity contribution in [1.29, 1.82) is 0 Å². The number of aromatic nitrogens is 2. The van der Waals surface area contributed by atoms with Crippen molar-refractivity contribution in [1.82, 2.24) is 4.57 Å². The number of aliphatic hydroxyl groups is 1. The van der Waals surface area contributed by atoms with E-state index in [-0.39, 0.29) is 18.5 Å². The molecule has 82 valence electrons. The van der Waals surface area contributed by atoms with E-state index in [0.717, 1.165) is 25.2 Å². The number of halogens is 1. The summed E-state index contributed by atoms with van der Waals surface area (Å²) in [6.45, 7) is 5.08. The van der Waals surface area contributed by atoms with E-state index in [1.54, 1.807) is 0 Å². The minimum atomic E-state index is -0.329. The van der Waals surface area contributed by atoms with Crippen LogP contribution in [-0.2, 0) is 13.6 Å². The van der Waals surface area contributed by atoms with Gasteiger partial charge in [-0.2, -0.15) is 0 Å². The van der Waals surface area contributed by atoms with E-state index in [9.17, 15) is 5.11 Å². The van der Waals surface area contributed by atoms with Crippen LogP contribution in [0.25, 0.3) is 0 Å². The lowest BCUT2D eigenvalue weighted by Crippen LogP contribution is -3.00. The normalized spacial score (nSPS) is 12.3. The summed E-state index contributed by atoms with van der Waals surface area (Å²) in [5.41, 5.74) is 0. The maximum Gasteiger partial charge on any atom is 0.285 e. The standard InChI is InChI=1S/C10H19N2O.ClH/c1-4-6-9(13)10-11(3)7-8-12(10)5-2;/h7-9,13H,4-6H2,1-3H3;1H/q+1;/p-1. The molecule has 1 N–H and O–H groups in total. The third-order valence-corrected chi connectivity index (χ3v) is 2.33. The maximum absolute atomic E-state index is 9.86. The zero-order chi connectivity index (χ0) is 9.84. The van der Waals surface area contributed by atoms with E-state index in [2.05, 4.69) is 18.4 Å². The van der Waals surface area contributed by atoms with Crippen LogP contribution in [0.5, 0.6) is 0 Å². The van der Waals surface area contributed by atoms with Crippen LogP contribution in [0.2, 0.25) is 0 Å². The number of imidazole rings is 1. The average Bonchev–Trinajstić information content (AvgIpc) is 2.47. The molecule has 0 aliphatic carbocycles. The first-order chi connectivity index (χ1) is 6.20.